The van der Waals surface area contributed by atoms with Crippen molar-refractivity contribution in [2.24, 2.45) is 0 Å². The molecule has 0 radical (unpaired) electrons. The Morgan fingerprint density at radius 1 is 0.833 bits per heavy atom. The van der Waals surface area contributed by atoms with Gasteiger partial charge in [0.25, 0.3) is 0 Å². The maximum Gasteiger partial charge on any atom is 0.243 e. The molecule has 190 valence electrons. The zero-order valence-electron chi connectivity index (χ0n) is 21.0. The zero-order chi connectivity index (χ0) is 25.9. The van der Waals surface area contributed by atoms with Gasteiger partial charge in [0.2, 0.25) is 11.8 Å². The number of hydrogen-bond donors (Lipinski definition) is 1. The molecule has 6 heteroatoms. The molecule has 0 fully saturated rings. The predicted molar refractivity (Wildman–Crippen MR) is 148 cm³/mol. The van der Waals surface area contributed by atoms with E-state index in [0.29, 0.717) is 35.9 Å². The summed E-state index contributed by atoms with van der Waals surface area (Å²) in [6.45, 7) is 4.95. The van der Waals surface area contributed by atoms with Gasteiger partial charge in [0.15, 0.2) is 0 Å². The van der Waals surface area contributed by atoms with Crippen LogP contribution < -0.4 is 5.32 Å². The zero-order valence-corrected chi connectivity index (χ0v) is 22.5. The number of carbonyl (C=O) groups is 2. The molecule has 36 heavy (non-hydrogen) atoms. The third-order valence-corrected chi connectivity index (χ3v) is 6.96. The lowest BCUT2D eigenvalue weighted by Crippen LogP contribution is -2.50. The lowest BCUT2D eigenvalue weighted by molar-refractivity contribution is -0.141. The average Bonchev–Trinajstić information content (AvgIpc) is 2.90. The largest absolute Gasteiger partial charge is 0.354 e. The average molecular weight is 526 g/mol. The maximum absolute atomic E-state index is 13.7. The number of amides is 2. The lowest BCUT2D eigenvalue weighted by atomic mass is 10.0. The van der Waals surface area contributed by atoms with E-state index in [1.54, 1.807) is 17.0 Å². The summed E-state index contributed by atoms with van der Waals surface area (Å²) in [5.41, 5.74) is 4.19. The first kappa shape index (κ1) is 27.8. The highest BCUT2D eigenvalue weighted by Gasteiger charge is 2.30. The highest BCUT2D eigenvalue weighted by Crippen LogP contribution is 2.25. The van der Waals surface area contributed by atoms with E-state index in [4.69, 9.17) is 23.2 Å². The van der Waals surface area contributed by atoms with Gasteiger partial charge in [-0.05, 0) is 53.6 Å². The molecule has 3 aromatic rings. The van der Waals surface area contributed by atoms with E-state index >= 15 is 0 Å². The first-order valence-corrected chi connectivity index (χ1v) is 13.3. The standard InChI is InChI=1S/C30H34Cl2N2O2/c1-3-18-33-30(36)28(20-24-8-6-5-7-9-24)34(21-25-14-16-26(31)27(32)19-25)29(35)17-15-23-12-10-22(4-2)11-13-23/h5-14,16,19,28H,3-4,15,17-18,20-21H2,1-2H3,(H,33,36). The van der Waals surface area contributed by atoms with Crippen molar-refractivity contribution in [2.45, 2.75) is 58.5 Å². The Hall–Kier alpha value is -2.82. The van der Waals surface area contributed by atoms with E-state index in [0.717, 1.165) is 29.5 Å². The third-order valence-electron chi connectivity index (χ3n) is 6.22. The van der Waals surface area contributed by atoms with Crippen molar-refractivity contribution in [1.82, 2.24) is 10.2 Å². The van der Waals surface area contributed by atoms with Crippen LogP contribution in [0.2, 0.25) is 10.0 Å². The summed E-state index contributed by atoms with van der Waals surface area (Å²) < 4.78 is 0. The molecule has 1 N–H and O–H groups in total. The van der Waals surface area contributed by atoms with Gasteiger partial charge >= 0.3 is 0 Å². The molecule has 0 heterocycles. The predicted octanol–water partition coefficient (Wildman–Crippen LogP) is 6.65. The molecule has 0 bridgehead atoms. The van der Waals surface area contributed by atoms with Crippen LogP contribution in [0.4, 0.5) is 0 Å². The number of rotatable bonds is 12. The minimum absolute atomic E-state index is 0.0757. The fraction of sp³-hybridized carbons (Fsp3) is 0.333. The van der Waals surface area contributed by atoms with Crippen molar-refractivity contribution in [2.75, 3.05) is 6.54 Å². The monoisotopic (exact) mass is 524 g/mol. The molecule has 0 aliphatic heterocycles. The first-order chi connectivity index (χ1) is 17.4. The van der Waals surface area contributed by atoms with Crippen LogP contribution in [0, 0.1) is 0 Å². The number of nitrogens with one attached hydrogen (secondary N) is 1. The highest BCUT2D eigenvalue weighted by molar-refractivity contribution is 6.42. The quantitative estimate of drug-likeness (QED) is 0.288. The Morgan fingerprint density at radius 2 is 1.50 bits per heavy atom. The normalized spacial score (nSPS) is 11.7. The van der Waals surface area contributed by atoms with Gasteiger partial charge in [-0.15, -0.1) is 0 Å². The highest BCUT2D eigenvalue weighted by atomic mass is 35.5. The molecule has 2 amide bonds. The van der Waals surface area contributed by atoms with Crippen LogP contribution >= 0.6 is 23.2 Å². The van der Waals surface area contributed by atoms with Crippen molar-refractivity contribution < 1.29 is 9.59 Å². The van der Waals surface area contributed by atoms with Crippen LogP contribution in [0.25, 0.3) is 0 Å². The molecule has 0 aliphatic rings. The van der Waals surface area contributed by atoms with E-state index < -0.39 is 6.04 Å². The summed E-state index contributed by atoms with van der Waals surface area (Å²) in [7, 11) is 0. The number of benzene rings is 3. The molecular weight excluding hydrogens is 491 g/mol. The van der Waals surface area contributed by atoms with Gasteiger partial charge in [0.1, 0.15) is 6.04 Å². The van der Waals surface area contributed by atoms with E-state index in [-0.39, 0.29) is 18.4 Å². The molecular formula is C30H34Cl2N2O2. The van der Waals surface area contributed by atoms with Crippen molar-refractivity contribution in [3.05, 3.63) is 105 Å². The SMILES string of the molecule is CCCNC(=O)C(Cc1ccccc1)N(Cc1ccc(Cl)c(Cl)c1)C(=O)CCc1ccc(CC)cc1. The minimum atomic E-state index is -0.650. The number of halogens is 2. The lowest BCUT2D eigenvalue weighted by Gasteiger charge is -2.32. The summed E-state index contributed by atoms with van der Waals surface area (Å²) in [4.78, 5) is 28.7. The van der Waals surface area contributed by atoms with Gasteiger partial charge in [-0.2, -0.15) is 0 Å². The van der Waals surface area contributed by atoms with Gasteiger partial charge in [-0.1, -0.05) is 97.7 Å². The van der Waals surface area contributed by atoms with Gasteiger partial charge < -0.3 is 10.2 Å². The molecule has 3 aromatic carbocycles. The van der Waals surface area contributed by atoms with Crippen molar-refractivity contribution >= 4 is 35.0 Å². The summed E-state index contributed by atoms with van der Waals surface area (Å²) in [6, 6.07) is 22.8. The van der Waals surface area contributed by atoms with E-state index in [1.807, 2.05) is 43.3 Å². The van der Waals surface area contributed by atoms with Crippen molar-refractivity contribution in [3.63, 3.8) is 0 Å². The Kier molecular flexibility index (Phi) is 10.8. The van der Waals surface area contributed by atoms with Crippen molar-refractivity contribution in [1.29, 1.82) is 0 Å². The molecule has 0 saturated heterocycles. The van der Waals surface area contributed by atoms with Crippen LogP contribution in [0.5, 0.6) is 0 Å². The second kappa shape index (κ2) is 14.1. The second-order valence-electron chi connectivity index (χ2n) is 8.94. The molecule has 1 unspecified atom stereocenters. The molecule has 0 aromatic heterocycles. The molecule has 1 atom stereocenters. The molecule has 4 nitrogen and oxygen atoms in total. The third kappa shape index (κ3) is 8.11. The second-order valence-corrected chi connectivity index (χ2v) is 9.75. The Labute approximate surface area is 224 Å². The molecule has 0 aliphatic carbocycles. The van der Waals surface area contributed by atoms with Crippen LogP contribution in [-0.2, 0) is 35.4 Å². The molecule has 0 saturated carbocycles. The van der Waals surface area contributed by atoms with E-state index in [9.17, 15) is 9.59 Å². The minimum Gasteiger partial charge on any atom is -0.354 e. The Morgan fingerprint density at radius 3 is 2.14 bits per heavy atom. The van der Waals surface area contributed by atoms with Crippen LogP contribution in [-0.4, -0.2) is 29.3 Å². The van der Waals surface area contributed by atoms with Gasteiger partial charge in [-0.3, -0.25) is 9.59 Å². The Bertz CT molecular complexity index is 1130. The first-order valence-electron chi connectivity index (χ1n) is 12.5. The van der Waals surface area contributed by atoms with E-state index in [1.165, 1.54) is 5.56 Å². The fourth-order valence-corrected chi connectivity index (χ4v) is 4.41. The Balaban J connectivity index is 1.89. The summed E-state index contributed by atoms with van der Waals surface area (Å²) >= 11 is 12.4. The van der Waals surface area contributed by atoms with Gasteiger partial charge in [0.05, 0.1) is 10.0 Å². The summed E-state index contributed by atoms with van der Waals surface area (Å²) in [5.74, 6) is -0.227. The maximum atomic E-state index is 13.7. The fourth-order valence-electron chi connectivity index (χ4n) is 4.09. The van der Waals surface area contributed by atoms with Crippen LogP contribution in [0.15, 0.2) is 72.8 Å². The number of hydrogen-bond acceptors (Lipinski definition) is 2. The topological polar surface area (TPSA) is 49.4 Å². The smallest absolute Gasteiger partial charge is 0.243 e. The van der Waals surface area contributed by atoms with Gasteiger partial charge in [-0.25, -0.2) is 0 Å². The molecule has 0 spiro atoms. The number of nitrogens with zero attached hydrogens (tertiary/aromatic N) is 1. The van der Waals surface area contributed by atoms with Crippen molar-refractivity contribution in [3.8, 4) is 0 Å². The summed E-state index contributed by atoms with van der Waals surface area (Å²) in [5, 5.41) is 3.88. The number of carbonyl (C=O) groups excluding carboxylic acids is 2. The van der Waals surface area contributed by atoms with Crippen LogP contribution in [0.3, 0.4) is 0 Å². The van der Waals surface area contributed by atoms with Gasteiger partial charge in [0, 0.05) is 25.9 Å². The molecule has 3 rings (SSSR count). The van der Waals surface area contributed by atoms with Crippen LogP contribution in [0.1, 0.15) is 48.9 Å². The summed E-state index contributed by atoms with van der Waals surface area (Å²) in [6.07, 6.45) is 3.13. The van der Waals surface area contributed by atoms with E-state index in [2.05, 4.69) is 36.5 Å². The number of aryl methyl sites for hydroxylation is 2.